The van der Waals surface area contributed by atoms with Crippen molar-refractivity contribution in [1.29, 1.82) is 0 Å². The van der Waals surface area contributed by atoms with Gasteiger partial charge in [0.15, 0.2) is 0 Å². The largest absolute Gasteiger partial charge is 0.417 e. The Bertz CT molecular complexity index is 121. The lowest BCUT2D eigenvalue weighted by molar-refractivity contribution is 0.274. The molecule has 1 nitrogen and oxygen atoms in total. The summed E-state index contributed by atoms with van der Waals surface area (Å²) in [5, 5.41) is 0. The Morgan fingerprint density at radius 2 is 1.85 bits per heavy atom. The third-order valence-electron chi connectivity index (χ3n) is 3.40. The lowest BCUT2D eigenvalue weighted by Crippen LogP contribution is -2.26. The second-order valence-corrected chi connectivity index (χ2v) is 6.83. The van der Waals surface area contributed by atoms with Crippen LogP contribution in [0.3, 0.4) is 0 Å². The van der Waals surface area contributed by atoms with Gasteiger partial charge in [0.05, 0.1) is 0 Å². The summed E-state index contributed by atoms with van der Waals surface area (Å²) in [4.78, 5) is 0. The van der Waals surface area contributed by atoms with Crippen LogP contribution in [0.1, 0.15) is 44.9 Å². The molecule has 1 aliphatic carbocycles. The van der Waals surface area contributed by atoms with Crippen LogP contribution in [-0.2, 0) is 4.43 Å². The quantitative estimate of drug-likeness (QED) is 0.617. The molecule has 0 atom stereocenters. The summed E-state index contributed by atoms with van der Waals surface area (Å²) in [5.74, 6) is 1.04. The molecule has 2 fully saturated rings. The molecule has 1 heterocycles. The van der Waals surface area contributed by atoms with Crippen molar-refractivity contribution < 1.29 is 4.43 Å². The standard InChI is InChI=1S/C11H21OSi/c1-2-6-11(7-3-1)10-13-9-5-4-8-12-13/h11H,1-10H2. The fraction of sp³-hybridized carbons (Fsp3) is 1.00. The predicted molar refractivity (Wildman–Crippen MR) is 57.1 cm³/mol. The molecule has 1 aliphatic heterocycles. The van der Waals surface area contributed by atoms with Gasteiger partial charge in [-0.25, -0.2) is 0 Å². The van der Waals surface area contributed by atoms with Crippen molar-refractivity contribution in [3.05, 3.63) is 0 Å². The molecule has 0 aromatic rings. The van der Waals surface area contributed by atoms with Crippen molar-refractivity contribution >= 4 is 9.04 Å². The minimum absolute atomic E-state index is 0.347. The minimum atomic E-state index is -0.347. The Kier molecular flexibility index (Phi) is 3.86. The van der Waals surface area contributed by atoms with Gasteiger partial charge in [-0.15, -0.1) is 0 Å². The van der Waals surface area contributed by atoms with Gasteiger partial charge in [0.2, 0.25) is 9.04 Å². The highest BCUT2D eigenvalue weighted by Gasteiger charge is 2.23. The number of hydrogen-bond acceptors (Lipinski definition) is 1. The van der Waals surface area contributed by atoms with E-state index in [0.29, 0.717) is 0 Å². The minimum Gasteiger partial charge on any atom is -0.417 e. The third-order valence-corrected chi connectivity index (χ3v) is 5.95. The van der Waals surface area contributed by atoms with Crippen LogP contribution >= 0.6 is 0 Å². The molecule has 0 amide bonds. The van der Waals surface area contributed by atoms with Gasteiger partial charge in [0, 0.05) is 6.61 Å². The number of rotatable bonds is 2. The van der Waals surface area contributed by atoms with Crippen molar-refractivity contribution in [3.8, 4) is 0 Å². The molecule has 0 bridgehead atoms. The van der Waals surface area contributed by atoms with E-state index in [0.717, 1.165) is 12.5 Å². The molecular weight excluding hydrogens is 176 g/mol. The molecule has 1 saturated carbocycles. The fourth-order valence-corrected chi connectivity index (χ4v) is 5.18. The van der Waals surface area contributed by atoms with Crippen molar-refractivity contribution in [2.75, 3.05) is 6.61 Å². The van der Waals surface area contributed by atoms with E-state index < -0.39 is 0 Å². The van der Waals surface area contributed by atoms with Crippen LogP contribution in [0.15, 0.2) is 0 Å². The summed E-state index contributed by atoms with van der Waals surface area (Å²) in [5.41, 5.74) is 0. The average molecular weight is 197 g/mol. The molecule has 0 spiro atoms. The van der Waals surface area contributed by atoms with E-state index in [-0.39, 0.29) is 9.04 Å². The Morgan fingerprint density at radius 3 is 2.54 bits per heavy atom. The topological polar surface area (TPSA) is 9.23 Å². The molecule has 0 unspecified atom stereocenters. The van der Waals surface area contributed by atoms with Gasteiger partial charge in [-0.05, 0) is 24.4 Å². The highest BCUT2D eigenvalue weighted by molar-refractivity contribution is 6.52. The Morgan fingerprint density at radius 1 is 1.00 bits per heavy atom. The Hall–Kier alpha value is 0.177. The zero-order valence-electron chi connectivity index (χ0n) is 8.56. The van der Waals surface area contributed by atoms with E-state index in [4.69, 9.17) is 4.43 Å². The van der Waals surface area contributed by atoms with Crippen LogP contribution in [-0.4, -0.2) is 15.6 Å². The average Bonchev–Trinajstić information content (AvgIpc) is 2.21. The van der Waals surface area contributed by atoms with Gasteiger partial charge in [-0.3, -0.25) is 0 Å². The van der Waals surface area contributed by atoms with E-state index in [1.807, 2.05) is 0 Å². The monoisotopic (exact) mass is 197 g/mol. The molecule has 1 radical (unpaired) electrons. The van der Waals surface area contributed by atoms with Crippen molar-refractivity contribution in [2.45, 2.75) is 57.0 Å². The van der Waals surface area contributed by atoms with Gasteiger partial charge < -0.3 is 4.43 Å². The van der Waals surface area contributed by atoms with E-state index in [1.165, 1.54) is 57.0 Å². The summed E-state index contributed by atoms with van der Waals surface area (Å²) in [6, 6.07) is 2.89. The van der Waals surface area contributed by atoms with E-state index in [9.17, 15) is 0 Å². The molecule has 13 heavy (non-hydrogen) atoms. The van der Waals surface area contributed by atoms with Crippen molar-refractivity contribution in [2.24, 2.45) is 5.92 Å². The molecule has 0 aromatic heterocycles. The van der Waals surface area contributed by atoms with Crippen LogP contribution in [0.5, 0.6) is 0 Å². The predicted octanol–water partition coefficient (Wildman–Crippen LogP) is 3.37. The highest BCUT2D eigenvalue weighted by Crippen LogP contribution is 2.30. The van der Waals surface area contributed by atoms with Gasteiger partial charge in [0.25, 0.3) is 0 Å². The maximum atomic E-state index is 5.88. The van der Waals surface area contributed by atoms with E-state index in [2.05, 4.69) is 0 Å². The van der Waals surface area contributed by atoms with Gasteiger partial charge in [0.1, 0.15) is 0 Å². The Balaban J connectivity index is 1.69. The summed E-state index contributed by atoms with van der Waals surface area (Å²) in [6.45, 7) is 1.07. The first-order chi connectivity index (χ1) is 6.45. The first-order valence-electron chi connectivity index (χ1n) is 5.92. The van der Waals surface area contributed by atoms with Crippen LogP contribution in [0.4, 0.5) is 0 Å². The van der Waals surface area contributed by atoms with E-state index in [1.54, 1.807) is 0 Å². The summed E-state index contributed by atoms with van der Waals surface area (Å²) >= 11 is 0. The van der Waals surface area contributed by atoms with Gasteiger partial charge >= 0.3 is 0 Å². The van der Waals surface area contributed by atoms with Crippen LogP contribution in [0.25, 0.3) is 0 Å². The lowest BCUT2D eigenvalue weighted by atomic mass is 9.91. The molecule has 1 saturated heterocycles. The van der Waals surface area contributed by atoms with Crippen LogP contribution in [0, 0.1) is 5.92 Å². The highest BCUT2D eigenvalue weighted by atomic mass is 28.3. The second-order valence-electron chi connectivity index (χ2n) is 4.55. The second kappa shape index (κ2) is 5.16. The molecule has 2 rings (SSSR count). The Labute approximate surface area is 83.6 Å². The summed E-state index contributed by atoms with van der Waals surface area (Å²) < 4.78 is 5.88. The van der Waals surface area contributed by atoms with Crippen LogP contribution < -0.4 is 0 Å². The van der Waals surface area contributed by atoms with E-state index >= 15 is 0 Å². The molecule has 2 aliphatic rings. The third kappa shape index (κ3) is 3.10. The maximum Gasteiger partial charge on any atom is 0.211 e. The smallest absolute Gasteiger partial charge is 0.211 e. The number of hydrogen-bond donors (Lipinski definition) is 0. The van der Waals surface area contributed by atoms with Crippen LogP contribution in [0.2, 0.25) is 12.1 Å². The zero-order chi connectivity index (χ0) is 8.93. The van der Waals surface area contributed by atoms with Gasteiger partial charge in [-0.1, -0.05) is 38.5 Å². The fourth-order valence-electron chi connectivity index (χ4n) is 2.59. The first-order valence-corrected chi connectivity index (χ1v) is 7.75. The molecular formula is C11H21OSi. The first kappa shape index (κ1) is 9.72. The lowest BCUT2D eigenvalue weighted by Gasteiger charge is -2.27. The molecule has 0 N–H and O–H groups in total. The molecule has 2 heteroatoms. The maximum absolute atomic E-state index is 5.88. The summed E-state index contributed by atoms with van der Waals surface area (Å²) in [7, 11) is -0.347. The zero-order valence-corrected chi connectivity index (χ0v) is 9.56. The molecule has 75 valence electrons. The van der Waals surface area contributed by atoms with Gasteiger partial charge in [-0.2, -0.15) is 0 Å². The summed E-state index contributed by atoms with van der Waals surface area (Å²) in [6.07, 6.45) is 10.2. The SMILES string of the molecule is C1CCC(C[Si]2CCCCO2)CC1. The molecule has 0 aromatic carbocycles. The van der Waals surface area contributed by atoms with Crippen molar-refractivity contribution in [3.63, 3.8) is 0 Å². The normalized spacial score (nSPS) is 27.7. The van der Waals surface area contributed by atoms with Crippen molar-refractivity contribution in [1.82, 2.24) is 0 Å².